The summed E-state index contributed by atoms with van der Waals surface area (Å²) in [6, 6.07) is 0. The average molecular weight is 236 g/mol. The van der Waals surface area contributed by atoms with E-state index >= 15 is 0 Å². The van der Waals surface area contributed by atoms with Crippen molar-refractivity contribution in [1.82, 2.24) is 0 Å². The highest BCUT2D eigenvalue weighted by Crippen LogP contribution is 2.15. The number of rotatable bonds is 7. The molecule has 0 bridgehead atoms. The SMILES string of the molecule is CCOSC(C(=O)OCC)C(=O)OCC. The van der Waals surface area contributed by atoms with E-state index in [0.29, 0.717) is 6.61 Å². The number of ether oxygens (including phenoxy) is 2. The van der Waals surface area contributed by atoms with Gasteiger partial charge in [0.15, 0.2) is 0 Å². The van der Waals surface area contributed by atoms with Gasteiger partial charge in [-0.05, 0) is 20.8 Å². The topological polar surface area (TPSA) is 61.8 Å². The van der Waals surface area contributed by atoms with Gasteiger partial charge in [0.25, 0.3) is 0 Å². The summed E-state index contributed by atoms with van der Waals surface area (Å²) in [6.45, 7) is 5.96. The highest BCUT2D eigenvalue weighted by molar-refractivity contribution is 7.96. The maximum atomic E-state index is 11.3. The molecule has 0 aliphatic heterocycles. The largest absolute Gasteiger partial charge is 0.465 e. The van der Waals surface area contributed by atoms with E-state index in [1.165, 1.54) is 0 Å². The van der Waals surface area contributed by atoms with Crippen LogP contribution in [0.15, 0.2) is 0 Å². The Hall–Kier alpha value is -0.750. The van der Waals surface area contributed by atoms with E-state index < -0.39 is 17.2 Å². The molecular formula is C9H16O5S. The lowest BCUT2D eigenvalue weighted by atomic mass is 10.4. The third kappa shape index (κ3) is 5.64. The Kier molecular flexibility index (Phi) is 8.12. The van der Waals surface area contributed by atoms with Gasteiger partial charge in [0.1, 0.15) is 0 Å². The molecule has 0 aromatic carbocycles. The van der Waals surface area contributed by atoms with Gasteiger partial charge in [-0.3, -0.25) is 9.59 Å². The second-order valence-electron chi connectivity index (χ2n) is 2.39. The van der Waals surface area contributed by atoms with Crippen LogP contribution in [-0.2, 0) is 23.2 Å². The molecule has 0 saturated carbocycles. The first kappa shape index (κ1) is 14.2. The van der Waals surface area contributed by atoms with Crippen molar-refractivity contribution >= 4 is 24.0 Å². The third-order valence-electron chi connectivity index (χ3n) is 1.28. The van der Waals surface area contributed by atoms with Crippen LogP contribution in [0.1, 0.15) is 20.8 Å². The Morgan fingerprint density at radius 2 is 1.47 bits per heavy atom. The Balaban J connectivity index is 4.28. The molecule has 0 saturated heterocycles. The van der Waals surface area contributed by atoms with Crippen molar-refractivity contribution in [2.24, 2.45) is 0 Å². The molecule has 0 aliphatic rings. The molecule has 0 aromatic rings. The van der Waals surface area contributed by atoms with Crippen molar-refractivity contribution in [1.29, 1.82) is 0 Å². The summed E-state index contributed by atoms with van der Waals surface area (Å²) in [5.41, 5.74) is 0. The minimum atomic E-state index is -1.05. The lowest BCUT2D eigenvalue weighted by Gasteiger charge is -2.12. The van der Waals surface area contributed by atoms with Crippen LogP contribution in [0, 0.1) is 0 Å². The number of carbonyl (C=O) groups excluding carboxylic acids is 2. The van der Waals surface area contributed by atoms with Crippen molar-refractivity contribution in [2.75, 3.05) is 19.8 Å². The van der Waals surface area contributed by atoms with E-state index in [9.17, 15) is 9.59 Å². The molecule has 0 aromatic heterocycles. The van der Waals surface area contributed by atoms with Gasteiger partial charge in [-0.25, -0.2) is 0 Å². The molecule has 15 heavy (non-hydrogen) atoms. The van der Waals surface area contributed by atoms with Gasteiger partial charge < -0.3 is 13.7 Å². The standard InChI is InChI=1S/C9H16O5S/c1-4-12-8(10)7(15-14-6-3)9(11)13-5-2/h7H,4-6H2,1-3H3. The fourth-order valence-electron chi connectivity index (χ4n) is 0.747. The molecule has 0 rings (SSSR count). The van der Waals surface area contributed by atoms with Crippen LogP contribution >= 0.6 is 12.0 Å². The maximum absolute atomic E-state index is 11.3. The molecule has 0 spiro atoms. The van der Waals surface area contributed by atoms with Crippen LogP contribution < -0.4 is 0 Å². The Bertz CT molecular complexity index is 189. The second kappa shape index (κ2) is 8.55. The van der Waals surface area contributed by atoms with Crippen molar-refractivity contribution in [3.63, 3.8) is 0 Å². The Morgan fingerprint density at radius 3 is 1.80 bits per heavy atom. The van der Waals surface area contributed by atoms with E-state index in [1.807, 2.05) is 0 Å². The molecule has 0 fully saturated rings. The molecule has 0 radical (unpaired) electrons. The minimum absolute atomic E-state index is 0.224. The van der Waals surface area contributed by atoms with Crippen LogP contribution in [0.4, 0.5) is 0 Å². The van der Waals surface area contributed by atoms with E-state index in [2.05, 4.69) is 0 Å². The second-order valence-corrected chi connectivity index (χ2v) is 3.29. The van der Waals surface area contributed by atoms with Gasteiger partial charge in [0, 0.05) is 12.0 Å². The monoisotopic (exact) mass is 236 g/mol. The van der Waals surface area contributed by atoms with Gasteiger partial charge in [-0.2, -0.15) is 0 Å². The van der Waals surface area contributed by atoms with Crippen molar-refractivity contribution in [3.05, 3.63) is 0 Å². The molecule has 0 unspecified atom stereocenters. The molecular weight excluding hydrogens is 220 g/mol. The van der Waals surface area contributed by atoms with E-state index in [-0.39, 0.29) is 13.2 Å². The van der Waals surface area contributed by atoms with Gasteiger partial charge in [0.05, 0.1) is 19.8 Å². The van der Waals surface area contributed by atoms with Gasteiger partial charge in [-0.1, -0.05) is 0 Å². The van der Waals surface area contributed by atoms with Gasteiger partial charge in [-0.15, -0.1) is 0 Å². The fourth-order valence-corrected chi connectivity index (χ4v) is 1.31. The summed E-state index contributed by atoms with van der Waals surface area (Å²) >= 11 is 0.769. The molecule has 0 atom stereocenters. The normalized spacial score (nSPS) is 10.1. The molecule has 0 N–H and O–H groups in total. The lowest BCUT2D eigenvalue weighted by Crippen LogP contribution is -2.31. The quantitative estimate of drug-likeness (QED) is 0.375. The molecule has 5 nitrogen and oxygen atoms in total. The average Bonchev–Trinajstić information content (AvgIpc) is 2.19. The molecule has 0 amide bonds. The Labute approximate surface area is 93.7 Å². The van der Waals surface area contributed by atoms with E-state index in [0.717, 1.165) is 12.0 Å². The van der Waals surface area contributed by atoms with Crippen LogP contribution in [0.3, 0.4) is 0 Å². The predicted molar refractivity (Wildman–Crippen MR) is 56.3 cm³/mol. The summed E-state index contributed by atoms with van der Waals surface area (Å²) in [5.74, 6) is -1.26. The number of carbonyl (C=O) groups is 2. The molecule has 88 valence electrons. The van der Waals surface area contributed by atoms with Crippen LogP contribution in [0.25, 0.3) is 0 Å². The lowest BCUT2D eigenvalue weighted by molar-refractivity contribution is -0.153. The van der Waals surface area contributed by atoms with E-state index in [1.54, 1.807) is 20.8 Å². The van der Waals surface area contributed by atoms with Crippen LogP contribution in [-0.4, -0.2) is 37.0 Å². The van der Waals surface area contributed by atoms with Crippen LogP contribution in [0.2, 0.25) is 0 Å². The summed E-state index contributed by atoms with van der Waals surface area (Å²) in [5, 5.41) is -1.05. The Morgan fingerprint density at radius 1 is 1.00 bits per heavy atom. The number of hydrogen-bond donors (Lipinski definition) is 0. The summed E-state index contributed by atoms with van der Waals surface area (Å²) in [4.78, 5) is 22.7. The van der Waals surface area contributed by atoms with Crippen molar-refractivity contribution in [3.8, 4) is 0 Å². The first-order chi connectivity index (χ1) is 7.17. The van der Waals surface area contributed by atoms with Crippen molar-refractivity contribution < 1.29 is 23.2 Å². The summed E-state index contributed by atoms with van der Waals surface area (Å²) < 4.78 is 14.4. The fraction of sp³-hybridized carbons (Fsp3) is 0.778. The number of hydrogen-bond acceptors (Lipinski definition) is 6. The maximum Gasteiger partial charge on any atom is 0.333 e. The zero-order valence-corrected chi connectivity index (χ0v) is 9.96. The molecule has 6 heteroatoms. The minimum Gasteiger partial charge on any atom is -0.465 e. The van der Waals surface area contributed by atoms with Gasteiger partial charge >= 0.3 is 11.9 Å². The predicted octanol–water partition coefficient (Wildman–Crippen LogP) is 1.17. The van der Waals surface area contributed by atoms with Crippen LogP contribution in [0.5, 0.6) is 0 Å². The third-order valence-corrected chi connectivity index (χ3v) is 2.23. The first-order valence-electron chi connectivity index (χ1n) is 4.78. The zero-order valence-electron chi connectivity index (χ0n) is 9.15. The zero-order chi connectivity index (χ0) is 11.7. The summed E-state index contributed by atoms with van der Waals surface area (Å²) in [6.07, 6.45) is 0. The smallest absolute Gasteiger partial charge is 0.333 e. The van der Waals surface area contributed by atoms with E-state index in [4.69, 9.17) is 13.7 Å². The van der Waals surface area contributed by atoms with Crippen molar-refractivity contribution in [2.45, 2.75) is 26.0 Å². The molecule has 0 heterocycles. The molecule has 0 aliphatic carbocycles. The first-order valence-corrected chi connectivity index (χ1v) is 5.59. The number of esters is 2. The van der Waals surface area contributed by atoms with Gasteiger partial charge in [0.2, 0.25) is 5.25 Å². The highest BCUT2D eigenvalue weighted by Gasteiger charge is 2.31. The summed E-state index contributed by atoms with van der Waals surface area (Å²) in [7, 11) is 0. The highest BCUT2D eigenvalue weighted by atomic mass is 32.2.